The molecule has 0 aromatic heterocycles. The minimum Gasteiger partial charge on any atom is -0.293 e. The van der Waals surface area contributed by atoms with E-state index in [0.29, 0.717) is 22.3 Å². The molecule has 36 heavy (non-hydrogen) atoms. The maximum Gasteiger partial charge on any atom is 0.269 e. The summed E-state index contributed by atoms with van der Waals surface area (Å²) in [5.74, 6) is -2.93. The number of rotatable bonds is 9. The third kappa shape index (κ3) is 5.07. The third-order valence-corrected chi connectivity index (χ3v) is 5.94. The molecular weight excluding hydrogens is 460 g/mol. The van der Waals surface area contributed by atoms with Crippen LogP contribution in [0.1, 0.15) is 37.8 Å². The molecule has 0 aliphatic heterocycles. The van der Waals surface area contributed by atoms with Crippen LogP contribution < -0.4 is 0 Å². The van der Waals surface area contributed by atoms with Gasteiger partial charge < -0.3 is 0 Å². The molecule has 178 valence electrons. The molecule has 4 aromatic rings. The van der Waals surface area contributed by atoms with E-state index in [9.17, 15) is 29.8 Å². The van der Waals surface area contributed by atoms with Gasteiger partial charge in [0.15, 0.2) is 11.6 Å². The zero-order valence-electron chi connectivity index (χ0n) is 18.9. The summed E-state index contributed by atoms with van der Waals surface area (Å²) < 4.78 is 0. The molecule has 0 aliphatic carbocycles. The Morgan fingerprint density at radius 1 is 0.528 bits per heavy atom. The number of benzene rings is 4. The van der Waals surface area contributed by atoms with Gasteiger partial charge in [-0.1, -0.05) is 84.9 Å². The van der Waals surface area contributed by atoms with Crippen molar-refractivity contribution in [3.8, 4) is 0 Å². The van der Waals surface area contributed by atoms with Gasteiger partial charge in [0, 0.05) is 41.3 Å². The van der Waals surface area contributed by atoms with Gasteiger partial charge in [0.1, 0.15) is 0 Å². The Balaban J connectivity index is 1.92. The Hall–Kier alpha value is -4.98. The fourth-order valence-corrected chi connectivity index (χ4v) is 4.17. The Kier molecular flexibility index (Phi) is 7.06. The molecule has 0 bridgehead atoms. The van der Waals surface area contributed by atoms with E-state index in [1.165, 1.54) is 48.5 Å². The smallest absolute Gasteiger partial charge is 0.269 e. The highest BCUT2D eigenvalue weighted by Gasteiger charge is 2.38. The molecule has 8 heteroatoms. The molecule has 0 radical (unpaired) electrons. The third-order valence-electron chi connectivity index (χ3n) is 5.94. The second-order valence-corrected chi connectivity index (χ2v) is 8.11. The van der Waals surface area contributed by atoms with E-state index < -0.39 is 33.2 Å². The summed E-state index contributed by atoms with van der Waals surface area (Å²) in [6.07, 6.45) is 0. The van der Waals surface area contributed by atoms with E-state index in [0.717, 1.165) is 0 Å². The van der Waals surface area contributed by atoms with Gasteiger partial charge in [-0.05, 0) is 11.1 Å². The predicted molar refractivity (Wildman–Crippen MR) is 133 cm³/mol. The second-order valence-electron chi connectivity index (χ2n) is 8.11. The van der Waals surface area contributed by atoms with Crippen molar-refractivity contribution in [1.82, 2.24) is 0 Å². The van der Waals surface area contributed by atoms with Crippen molar-refractivity contribution in [1.29, 1.82) is 0 Å². The standard InChI is InChI=1S/C28H20N2O6/c31-27(21-7-3-1-4-8-21)26(28(32)22-9-5-2-6-10-22)25(19-11-15-23(16-12-19)29(33)34)20-13-17-24(18-14-20)30(35)36/h1-18,25-26H. The minimum atomic E-state index is -1.22. The van der Waals surface area contributed by atoms with Gasteiger partial charge in [-0.2, -0.15) is 0 Å². The first-order chi connectivity index (χ1) is 17.4. The zero-order valence-corrected chi connectivity index (χ0v) is 18.9. The van der Waals surface area contributed by atoms with Crippen molar-refractivity contribution in [3.05, 3.63) is 152 Å². The molecule has 0 aliphatic rings. The highest BCUT2D eigenvalue weighted by molar-refractivity contribution is 6.17. The molecule has 4 aromatic carbocycles. The number of Topliss-reactive ketones (excluding diaryl/α,β-unsaturated/α-hetero) is 2. The lowest BCUT2D eigenvalue weighted by atomic mass is 9.73. The van der Waals surface area contributed by atoms with Gasteiger partial charge in [-0.3, -0.25) is 29.8 Å². The summed E-state index contributed by atoms with van der Waals surface area (Å²) in [5.41, 5.74) is 1.38. The summed E-state index contributed by atoms with van der Waals surface area (Å²) in [4.78, 5) is 49.1. The van der Waals surface area contributed by atoms with Gasteiger partial charge in [0.2, 0.25) is 0 Å². The van der Waals surface area contributed by atoms with Crippen LogP contribution in [0.25, 0.3) is 0 Å². The molecule has 0 amide bonds. The summed E-state index contributed by atoms with van der Waals surface area (Å²) in [7, 11) is 0. The summed E-state index contributed by atoms with van der Waals surface area (Å²) in [5, 5.41) is 22.4. The largest absolute Gasteiger partial charge is 0.293 e. The second kappa shape index (κ2) is 10.5. The number of nitro groups is 2. The SMILES string of the molecule is O=C(c1ccccc1)C(C(=O)c1ccccc1)C(c1ccc([N+](=O)[O-])cc1)c1ccc([N+](=O)[O-])cc1. The number of carbonyl (C=O) groups is 2. The van der Waals surface area contributed by atoms with Gasteiger partial charge in [-0.25, -0.2) is 0 Å². The van der Waals surface area contributed by atoms with Crippen LogP contribution in [0.2, 0.25) is 0 Å². The Morgan fingerprint density at radius 2 is 0.861 bits per heavy atom. The van der Waals surface area contributed by atoms with E-state index in [1.54, 1.807) is 60.7 Å². The van der Waals surface area contributed by atoms with Crippen molar-refractivity contribution in [2.45, 2.75) is 5.92 Å². The first-order valence-corrected chi connectivity index (χ1v) is 11.0. The highest BCUT2D eigenvalue weighted by atomic mass is 16.6. The van der Waals surface area contributed by atoms with Gasteiger partial charge in [0.25, 0.3) is 11.4 Å². The maximum atomic E-state index is 13.9. The normalized spacial score (nSPS) is 10.8. The van der Waals surface area contributed by atoms with E-state index in [1.807, 2.05) is 0 Å². The first-order valence-electron chi connectivity index (χ1n) is 11.0. The van der Waals surface area contributed by atoms with Crippen LogP contribution in [0, 0.1) is 26.1 Å². The van der Waals surface area contributed by atoms with Crippen LogP contribution in [0.3, 0.4) is 0 Å². The zero-order chi connectivity index (χ0) is 25.7. The molecule has 0 heterocycles. The van der Waals surface area contributed by atoms with Gasteiger partial charge >= 0.3 is 0 Å². The lowest BCUT2D eigenvalue weighted by molar-refractivity contribution is -0.385. The molecule has 8 nitrogen and oxygen atoms in total. The number of hydrogen-bond acceptors (Lipinski definition) is 6. The fourth-order valence-electron chi connectivity index (χ4n) is 4.17. The Morgan fingerprint density at radius 3 is 1.17 bits per heavy atom. The molecule has 0 saturated carbocycles. The Labute approximate surface area is 206 Å². The quantitative estimate of drug-likeness (QED) is 0.125. The van der Waals surface area contributed by atoms with Crippen molar-refractivity contribution in [2.24, 2.45) is 5.92 Å². The molecule has 0 N–H and O–H groups in total. The van der Waals surface area contributed by atoms with Crippen LogP contribution in [0.4, 0.5) is 11.4 Å². The molecule has 0 unspecified atom stereocenters. The number of ketones is 2. The highest BCUT2D eigenvalue weighted by Crippen LogP contribution is 2.37. The number of nitrogens with zero attached hydrogens (tertiary/aromatic N) is 2. The average molecular weight is 480 g/mol. The summed E-state index contributed by atoms with van der Waals surface area (Å²) in [6.45, 7) is 0. The van der Waals surface area contributed by atoms with E-state index in [4.69, 9.17) is 0 Å². The predicted octanol–water partition coefficient (Wildman–Crippen LogP) is 6.02. The summed E-state index contributed by atoms with van der Waals surface area (Å²) in [6, 6.07) is 28.1. The molecule has 0 saturated heterocycles. The number of non-ortho nitro benzene ring substituents is 2. The molecule has 4 rings (SSSR count). The van der Waals surface area contributed by atoms with Gasteiger partial charge in [0.05, 0.1) is 15.8 Å². The minimum absolute atomic E-state index is 0.137. The molecule has 0 spiro atoms. The number of carbonyl (C=O) groups excluding carboxylic acids is 2. The summed E-state index contributed by atoms with van der Waals surface area (Å²) >= 11 is 0. The topological polar surface area (TPSA) is 120 Å². The van der Waals surface area contributed by atoms with Crippen molar-refractivity contribution >= 4 is 22.9 Å². The monoisotopic (exact) mass is 480 g/mol. The molecular formula is C28H20N2O6. The van der Waals surface area contributed by atoms with Crippen molar-refractivity contribution in [2.75, 3.05) is 0 Å². The average Bonchev–Trinajstić information content (AvgIpc) is 2.92. The number of hydrogen-bond donors (Lipinski definition) is 0. The lowest BCUT2D eigenvalue weighted by Gasteiger charge is -2.26. The van der Waals surface area contributed by atoms with Crippen molar-refractivity contribution in [3.63, 3.8) is 0 Å². The lowest BCUT2D eigenvalue weighted by Crippen LogP contribution is -2.31. The van der Waals surface area contributed by atoms with Gasteiger partial charge in [-0.15, -0.1) is 0 Å². The fraction of sp³-hybridized carbons (Fsp3) is 0.0714. The molecule has 0 fully saturated rings. The molecule has 0 atom stereocenters. The van der Waals surface area contributed by atoms with E-state index in [2.05, 4.69) is 0 Å². The maximum absolute atomic E-state index is 13.9. The Bertz CT molecular complexity index is 1290. The van der Waals surface area contributed by atoms with Crippen LogP contribution in [-0.4, -0.2) is 21.4 Å². The first kappa shape index (κ1) is 24.2. The van der Waals surface area contributed by atoms with E-state index >= 15 is 0 Å². The van der Waals surface area contributed by atoms with Crippen LogP contribution >= 0.6 is 0 Å². The van der Waals surface area contributed by atoms with Crippen LogP contribution in [0.15, 0.2) is 109 Å². The number of nitro benzene ring substituents is 2. The van der Waals surface area contributed by atoms with E-state index in [-0.39, 0.29) is 11.4 Å². The van der Waals surface area contributed by atoms with Crippen LogP contribution in [0.5, 0.6) is 0 Å². The van der Waals surface area contributed by atoms with Crippen molar-refractivity contribution < 1.29 is 19.4 Å². The van der Waals surface area contributed by atoms with Crippen LogP contribution in [-0.2, 0) is 0 Å².